The first-order valence-corrected chi connectivity index (χ1v) is 8.85. The standard InChI is InChI=1S/C20H20N4O3/c1-14(25)21-19-13-18-17(3-2-8-24(18)22-19)15-4-6-16(7-5-15)20(26)23-9-11-27-12-10-23/h2-8,13H,9-12H2,1H3,(H,21,22,25). The summed E-state index contributed by atoms with van der Waals surface area (Å²) in [7, 11) is 0. The molecular formula is C20H20N4O3. The Labute approximate surface area is 156 Å². The Morgan fingerprint density at radius 1 is 1.11 bits per heavy atom. The summed E-state index contributed by atoms with van der Waals surface area (Å²) >= 11 is 0. The molecule has 1 fully saturated rings. The van der Waals surface area contributed by atoms with Crippen LogP contribution in [-0.4, -0.2) is 52.6 Å². The van der Waals surface area contributed by atoms with Crippen LogP contribution in [0.1, 0.15) is 17.3 Å². The minimum atomic E-state index is -0.161. The van der Waals surface area contributed by atoms with Crippen LogP contribution in [0.4, 0.5) is 5.82 Å². The van der Waals surface area contributed by atoms with Crippen LogP contribution in [0.5, 0.6) is 0 Å². The zero-order chi connectivity index (χ0) is 18.8. The smallest absolute Gasteiger partial charge is 0.254 e. The third-order valence-corrected chi connectivity index (χ3v) is 4.55. The number of aromatic nitrogens is 2. The van der Waals surface area contributed by atoms with Crippen molar-refractivity contribution in [1.29, 1.82) is 0 Å². The minimum absolute atomic E-state index is 0.0281. The van der Waals surface area contributed by atoms with E-state index in [1.165, 1.54) is 6.92 Å². The van der Waals surface area contributed by atoms with Crippen LogP contribution < -0.4 is 5.32 Å². The topological polar surface area (TPSA) is 75.9 Å². The molecule has 7 heteroatoms. The minimum Gasteiger partial charge on any atom is -0.378 e. The van der Waals surface area contributed by atoms with Gasteiger partial charge in [-0.2, -0.15) is 5.10 Å². The number of nitrogens with one attached hydrogen (secondary N) is 1. The summed E-state index contributed by atoms with van der Waals surface area (Å²) < 4.78 is 7.03. The molecule has 1 N–H and O–H groups in total. The van der Waals surface area contributed by atoms with Gasteiger partial charge in [-0.1, -0.05) is 18.2 Å². The molecule has 0 bridgehead atoms. The van der Waals surface area contributed by atoms with E-state index in [-0.39, 0.29) is 11.8 Å². The van der Waals surface area contributed by atoms with Crippen LogP contribution >= 0.6 is 0 Å². The molecular weight excluding hydrogens is 344 g/mol. The Hall–Kier alpha value is -3.19. The molecule has 0 saturated carbocycles. The summed E-state index contributed by atoms with van der Waals surface area (Å²) in [6.07, 6.45) is 1.83. The van der Waals surface area contributed by atoms with Crippen LogP contribution in [0.25, 0.3) is 16.6 Å². The van der Waals surface area contributed by atoms with E-state index < -0.39 is 0 Å². The average molecular weight is 364 g/mol. The lowest BCUT2D eigenvalue weighted by atomic mass is 10.0. The molecule has 1 aromatic carbocycles. The molecule has 27 heavy (non-hydrogen) atoms. The molecule has 0 radical (unpaired) electrons. The molecule has 0 spiro atoms. The van der Waals surface area contributed by atoms with Crippen molar-refractivity contribution >= 4 is 23.1 Å². The number of fused-ring (bicyclic) bond motifs is 1. The molecule has 3 aromatic rings. The van der Waals surface area contributed by atoms with Gasteiger partial charge in [-0.25, -0.2) is 4.52 Å². The van der Waals surface area contributed by atoms with E-state index in [2.05, 4.69) is 10.4 Å². The van der Waals surface area contributed by atoms with Gasteiger partial charge in [-0.15, -0.1) is 0 Å². The van der Waals surface area contributed by atoms with E-state index in [4.69, 9.17) is 4.74 Å². The van der Waals surface area contributed by atoms with Crippen molar-refractivity contribution in [1.82, 2.24) is 14.5 Å². The Kier molecular flexibility index (Phi) is 4.60. The second-order valence-electron chi connectivity index (χ2n) is 6.44. The van der Waals surface area contributed by atoms with Gasteiger partial charge in [0.25, 0.3) is 5.91 Å². The normalized spacial score (nSPS) is 14.3. The summed E-state index contributed by atoms with van der Waals surface area (Å²) in [5.41, 5.74) is 3.51. The Bertz CT molecular complexity index is 988. The molecule has 0 atom stereocenters. The highest BCUT2D eigenvalue weighted by Gasteiger charge is 2.18. The van der Waals surface area contributed by atoms with Gasteiger partial charge in [-0.3, -0.25) is 9.59 Å². The number of carbonyl (C=O) groups excluding carboxylic acids is 2. The molecule has 4 rings (SSSR count). The SMILES string of the molecule is CC(=O)Nc1cc2c(-c3ccc(C(=O)N4CCOCC4)cc3)cccn2n1. The Balaban J connectivity index is 1.62. The van der Waals surface area contributed by atoms with Crippen molar-refractivity contribution in [3.63, 3.8) is 0 Å². The maximum Gasteiger partial charge on any atom is 0.254 e. The number of rotatable bonds is 3. The summed E-state index contributed by atoms with van der Waals surface area (Å²) in [5.74, 6) is 0.375. The van der Waals surface area contributed by atoms with Gasteiger partial charge in [0.2, 0.25) is 5.91 Å². The fourth-order valence-corrected chi connectivity index (χ4v) is 3.24. The first-order valence-electron chi connectivity index (χ1n) is 8.85. The zero-order valence-corrected chi connectivity index (χ0v) is 15.0. The molecule has 138 valence electrons. The molecule has 0 unspecified atom stereocenters. The molecule has 1 aliphatic rings. The van der Waals surface area contributed by atoms with Gasteiger partial charge in [0, 0.05) is 43.4 Å². The number of ether oxygens (including phenoxy) is 1. The van der Waals surface area contributed by atoms with Crippen LogP contribution in [0, 0.1) is 0 Å². The van der Waals surface area contributed by atoms with E-state index in [0.29, 0.717) is 37.7 Å². The second kappa shape index (κ2) is 7.20. The third-order valence-electron chi connectivity index (χ3n) is 4.55. The van der Waals surface area contributed by atoms with E-state index in [1.807, 2.05) is 53.6 Å². The molecule has 3 heterocycles. The number of anilines is 1. The van der Waals surface area contributed by atoms with Gasteiger partial charge in [-0.05, 0) is 23.8 Å². The lowest BCUT2D eigenvalue weighted by Gasteiger charge is -2.26. The number of nitrogens with zero attached hydrogens (tertiary/aromatic N) is 3. The fraction of sp³-hybridized carbons (Fsp3) is 0.250. The quantitative estimate of drug-likeness (QED) is 0.774. The van der Waals surface area contributed by atoms with E-state index in [0.717, 1.165) is 16.6 Å². The number of hydrogen-bond donors (Lipinski definition) is 1. The number of morpholine rings is 1. The summed E-state index contributed by atoms with van der Waals surface area (Å²) in [5, 5.41) is 7.06. The van der Waals surface area contributed by atoms with Crippen molar-refractivity contribution in [2.24, 2.45) is 0 Å². The van der Waals surface area contributed by atoms with Crippen LogP contribution in [0.3, 0.4) is 0 Å². The Morgan fingerprint density at radius 3 is 2.56 bits per heavy atom. The monoisotopic (exact) mass is 364 g/mol. The largest absolute Gasteiger partial charge is 0.378 e. The molecule has 2 aromatic heterocycles. The van der Waals surface area contributed by atoms with Crippen LogP contribution in [0.2, 0.25) is 0 Å². The van der Waals surface area contributed by atoms with Crippen molar-refractivity contribution in [2.75, 3.05) is 31.6 Å². The highest BCUT2D eigenvalue weighted by Crippen LogP contribution is 2.27. The molecule has 1 aliphatic heterocycles. The third kappa shape index (κ3) is 3.54. The maximum atomic E-state index is 12.6. The summed E-state index contributed by atoms with van der Waals surface area (Å²) in [4.78, 5) is 25.7. The summed E-state index contributed by atoms with van der Waals surface area (Å²) in [6.45, 7) is 3.88. The van der Waals surface area contributed by atoms with Crippen molar-refractivity contribution in [3.05, 3.63) is 54.2 Å². The van der Waals surface area contributed by atoms with Crippen molar-refractivity contribution in [3.8, 4) is 11.1 Å². The van der Waals surface area contributed by atoms with Crippen LogP contribution in [-0.2, 0) is 9.53 Å². The first-order chi connectivity index (χ1) is 13.1. The predicted molar refractivity (Wildman–Crippen MR) is 102 cm³/mol. The summed E-state index contributed by atoms with van der Waals surface area (Å²) in [6, 6.07) is 13.3. The molecule has 7 nitrogen and oxygen atoms in total. The predicted octanol–water partition coefficient (Wildman–Crippen LogP) is 2.43. The van der Waals surface area contributed by atoms with Gasteiger partial charge in [0.15, 0.2) is 5.82 Å². The van der Waals surface area contributed by atoms with Crippen molar-refractivity contribution < 1.29 is 14.3 Å². The van der Waals surface area contributed by atoms with E-state index in [9.17, 15) is 9.59 Å². The zero-order valence-electron chi connectivity index (χ0n) is 15.0. The van der Waals surface area contributed by atoms with Gasteiger partial charge >= 0.3 is 0 Å². The number of carbonyl (C=O) groups is 2. The van der Waals surface area contributed by atoms with Crippen molar-refractivity contribution in [2.45, 2.75) is 6.92 Å². The van der Waals surface area contributed by atoms with E-state index in [1.54, 1.807) is 4.52 Å². The van der Waals surface area contributed by atoms with E-state index >= 15 is 0 Å². The lowest BCUT2D eigenvalue weighted by Crippen LogP contribution is -2.40. The first kappa shape index (κ1) is 17.2. The highest BCUT2D eigenvalue weighted by molar-refractivity contribution is 5.95. The number of benzene rings is 1. The molecule has 1 saturated heterocycles. The Morgan fingerprint density at radius 2 is 1.85 bits per heavy atom. The van der Waals surface area contributed by atoms with Gasteiger partial charge in [0.1, 0.15) is 0 Å². The lowest BCUT2D eigenvalue weighted by molar-refractivity contribution is -0.114. The average Bonchev–Trinajstić information content (AvgIpc) is 3.10. The highest BCUT2D eigenvalue weighted by atomic mass is 16.5. The number of amides is 2. The molecule has 2 amide bonds. The fourth-order valence-electron chi connectivity index (χ4n) is 3.24. The maximum absolute atomic E-state index is 12.6. The number of pyridine rings is 1. The van der Waals surface area contributed by atoms with Gasteiger partial charge in [0.05, 0.1) is 18.7 Å². The van der Waals surface area contributed by atoms with Gasteiger partial charge < -0.3 is 15.0 Å². The molecule has 0 aliphatic carbocycles. The second-order valence-corrected chi connectivity index (χ2v) is 6.44. The number of hydrogen-bond acceptors (Lipinski definition) is 4. The van der Waals surface area contributed by atoms with Crippen LogP contribution in [0.15, 0.2) is 48.7 Å².